The Balaban J connectivity index is 2.71. The highest BCUT2D eigenvalue weighted by Gasteiger charge is 2.49. The highest BCUT2D eigenvalue weighted by atomic mass is 16.6. The van der Waals surface area contributed by atoms with Crippen LogP contribution in [0.25, 0.3) is 0 Å². The van der Waals surface area contributed by atoms with Crippen LogP contribution in [0, 0.1) is 5.92 Å². The third-order valence-electron chi connectivity index (χ3n) is 3.75. The maximum atomic E-state index is 10.1. The quantitative estimate of drug-likeness (QED) is 0.535. The van der Waals surface area contributed by atoms with Crippen LogP contribution < -0.4 is 0 Å². The van der Waals surface area contributed by atoms with E-state index in [1.54, 1.807) is 13.8 Å². The molecular formula is C14H28O6. The van der Waals surface area contributed by atoms with Crippen LogP contribution in [0.15, 0.2) is 0 Å². The van der Waals surface area contributed by atoms with Gasteiger partial charge in [-0.3, -0.25) is 0 Å². The molecule has 4 N–H and O–H groups in total. The Morgan fingerprint density at radius 3 is 2.20 bits per heavy atom. The van der Waals surface area contributed by atoms with Gasteiger partial charge in [-0.2, -0.15) is 0 Å². The lowest BCUT2D eigenvalue weighted by molar-refractivity contribution is -0.271. The average molecular weight is 292 g/mol. The summed E-state index contributed by atoms with van der Waals surface area (Å²) in [5.41, 5.74) is -0.831. The van der Waals surface area contributed by atoms with Crippen molar-refractivity contribution in [3.63, 3.8) is 0 Å². The van der Waals surface area contributed by atoms with Crippen molar-refractivity contribution in [2.75, 3.05) is 13.2 Å². The van der Waals surface area contributed by atoms with Crippen molar-refractivity contribution in [2.45, 2.75) is 70.2 Å². The van der Waals surface area contributed by atoms with Crippen LogP contribution in [0.1, 0.15) is 34.1 Å². The first kappa shape index (κ1) is 17.8. The standard InChI is InChI=1S/C14H28O6/c1-8(2)5-6-19-14(3,4)13-12(18)11(17)10(16)9(7-15)20-13/h8-13,15-18H,5-7H2,1-4H3. The molecule has 1 saturated heterocycles. The van der Waals surface area contributed by atoms with Crippen LogP contribution in [0.3, 0.4) is 0 Å². The van der Waals surface area contributed by atoms with Crippen molar-refractivity contribution in [1.82, 2.24) is 0 Å². The Morgan fingerprint density at radius 1 is 1.10 bits per heavy atom. The van der Waals surface area contributed by atoms with Crippen molar-refractivity contribution in [1.29, 1.82) is 0 Å². The molecule has 0 aromatic rings. The van der Waals surface area contributed by atoms with Gasteiger partial charge in [-0.1, -0.05) is 13.8 Å². The summed E-state index contributed by atoms with van der Waals surface area (Å²) in [5, 5.41) is 38.8. The summed E-state index contributed by atoms with van der Waals surface area (Å²) in [6, 6.07) is 0. The molecule has 6 heteroatoms. The number of hydrogen-bond donors (Lipinski definition) is 4. The minimum atomic E-state index is -1.36. The predicted molar refractivity (Wildman–Crippen MR) is 73.3 cm³/mol. The van der Waals surface area contributed by atoms with E-state index in [1.807, 2.05) is 0 Å². The van der Waals surface area contributed by atoms with Crippen molar-refractivity contribution < 1.29 is 29.9 Å². The van der Waals surface area contributed by atoms with E-state index in [4.69, 9.17) is 9.47 Å². The third-order valence-corrected chi connectivity index (χ3v) is 3.75. The topological polar surface area (TPSA) is 99.4 Å². The lowest BCUT2D eigenvalue weighted by Crippen LogP contribution is -2.64. The van der Waals surface area contributed by atoms with Gasteiger partial charge in [-0.05, 0) is 26.2 Å². The van der Waals surface area contributed by atoms with Gasteiger partial charge < -0.3 is 29.9 Å². The lowest BCUT2D eigenvalue weighted by atomic mass is 9.87. The van der Waals surface area contributed by atoms with E-state index in [-0.39, 0.29) is 0 Å². The van der Waals surface area contributed by atoms with E-state index >= 15 is 0 Å². The van der Waals surface area contributed by atoms with Gasteiger partial charge >= 0.3 is 0 Å². The van der Waals surface area contributed by atoms with E-state index in [2.05, 4.69) is 13.8 Å². The fraction of sp³-hybridized carbons (Fsp3) is 1.00. The molecule has 1 heterocycles. The highest BCUT2D eigenvalue weighted by molar-refractivity contribution is 4.98. The number of hydrogen-bond acceptors (Lipinski definition) is 6. The highest BCUT2D eigenvalue weighted by Crippen LogP contribution is 2.30. The van der Waals surface area contributed by atoms with Crippen LogP contribution >= 0.6 is 0 Å². The Labute approximate surface area is 120 Å². The molecule has 0 aromatic heterocycles. The summed E-state index contributed by atoms with van der Waals surface area (Å²) in [6.45, 7) is 7.79. The Morgan fingerprint density at radius 2 is 1.70 bits per heavy atom. The molecule has 5 atom stereocenters. The summed E-state index contributed by atoms with van der Waals surface area (Å²) in [4.78, 5) is 0. The maximum absolute atomic E-state index is 10.1. The van der Waals surface area contributed by atoms with E-state index in [1.165, 1.54) is 0 Å². The maximum Gasteiger partial charge on any atom is 0.115 e. The molecule has 1 rings (SSSR count). The van der Waals surface area contributed by atoms with Gasteiger partial charge in [0, 0.05) is 6.61 Å². The zero-order valence-corrected chi connectivity index (χ0v) is 12.7. The Kier molecular flexibility index (Phi) is 6.37. The molecule has 0 amide bonds. The zero-order chi connectivity index (χ0) is 15.5. The second-order valence-electron chi connectivity index (χ2n) is 6.38. The monoisotopic (exact) mass is 292 g/mol. The fourth-order valence-corrected chi connectivity index (χ4v) is 2.32. The first-order valence-corrected chi connectivity index (χ1v) is 7.15. The minimum absolute atomic E-state index is 0.427. The molecule has 1 aliphatic heterocycles. The van der Waals surface area contributed by atoms with Crippen LogP contribution in [0.2, 0.25) is 0 Å². The molecular weight excluding hydrogens is 264 g/mol. The summed E-state index contributed by atoms with van der Waals surface area (Å²) >= 11 is 0. The first-order chi connectivity index (χ1) is 9.20. The van der Waals surface area contributed by atoms with Gasteiger partial charge in [-0.25, -0.2) is 0 Å². The van der Waals surface area contributed by atoms with E-state index in [0.29, 0.717) is 12.5 Å². The summed E-state index contributed by atoms with van der Waals surface area (Å²) in [6.07, 6.45) is -4.80. The number of aliphatic hydroxyl groups is 4. The summed E-state index contributed by atoms with van der Waals surface area (Å²) in [5.74, 6) is 0.501. The molecule has 5 unspecified atom stereocenters. The second-order valence-corrected chi connectivity index (χ2v) is 6.38. The van der Waals surface area contributed by atoms with Crippen molar-refractivity contribution in [3.8, 4) is 0 Å². The second kappa shape index (κ2) is 7.15. The smallest absolute Gasteiger partial charge is 0.115 e. The van der Waals surface area contributed by atoms with Crippen LogP contribution in [0.4, 0.5) is 0 Å². The third kappa shape index (κ3) is 4.13. The van der Waals surface area contributed by atoms with Gasteiger partial charge in [0.15, 0.2) is 0 Å². The Bertz CT molecular complexity index is 291. The molecule has 0 spiro atoms. The van der Waals surface area contributed by atoms with Crippen molar-refractivity contribution in [3.05, 3.63) is 0 Å². The normalized spacial score (nSPS) is 35.5. The van der Waals surface area contributed by atoms with Gasteiger partial charge in [-0.15, -0.1) is 0 Å². The first-order valence-electron chi connectivity index (χ1n) is 7.15. The molecule has 0 bridgehead atoms. The molecule has 0 saturated carbocycles. The SMILES string of the molecule is CC(C)CCOC(C)(C)C1OC(CO)C(O)C(O)C1O. The molecule has 20 heavy (non-hydrogen) atoms. The zero-order valence-electron chi connectivity index (χ0n) is 12.7. The van der Waals surface area contributed by atoms with Crippen molar-refractivity contribution in [2.24, 2.45) is 5.92 Å². The van der Waals surface area contributed by atoms with Gasteiger partial charge in [0.2, 0.25) is 0 Å². The van der Waals surface area contributed by atoms with Gasteiger partial charge in [0.05, 0.1) is 12.2 Å². The van der Waals surface area contributed by atoms with Crippen LogP contribution in [-0.2, 0) is 9.47 Å². The van der Waals surface area contributed by atoms with E-state index in [0.717, 1.165) is 6.42 Å². The molecule has 1 fully saturated rings. The molecule has 6 nitrogen and oxygen atoms in total. The van der Waals surface area contributed by atoms with Crippen LogP contribution in [-0.4, -0.2) is 69.8 Å². The Hall–Kier alpha value is -0.240. The summed E-state index contributed by atoms with van der Waals surface area (Å²) < 4.78 is 11.3. The molecule has 120 valence electrons. The lowest BCUT2D eigenvalue weighted by Gasteiger charge is -2.46. The molecule has 0 aliphatic carbocycles. The van der Waals surface area contributed by atoms with E-state index in [9.17, 15) is 20.4 Å². The largest absolute Gasteiger partial charge is 0.394 e. The predicted octanol–water partition coefficient (Wildman–Crippen LogP) is -0.330. The van der Waals surface area contributed by atoms with Crippen LogP contribution in [0.5, 0.6) is 0 Å². The molecule has 1 aliphatic rings. The van der Waals surface area contributed by atoms with Crippen molar-refractivity contribution >= 4 is 0 Å². The average Bonchev–Trinajstić information content (AvgIpc) is 2.35. The minimum Gasteiger partial charge on any atom is -0.394 e. The summed E-state index contributed by atoms with van der Waals surface area (Å²) in [7, 11) is 0. The molecule has 0 radical (unpaired) electrons. The van der Waals surface area contributed by atoms with Gasteiger partial charge in [0.1, 0.15) is 30.5 Å². The molecule has 0 aromatic carbocycles. The van der Waals surface area contributed by atoms with Gasteiger partial charge in [0.25, 0.3) is 0 Å². The number of aliphatic hydroxyl groups excluding tert-OH is 4. The van der Waals surface area contributed by atoms with E-state index < -0.39 is 42.7 Å². The number of ether oxygens (including phenoxy) is 2. The number of rotatable bonds is 6. The fourth-order valence-electron chi connectivity index (χ4n) is 2.32.